The smallest absolute Gasteiger partial charge is 0.254 e. The van der Waals surface area contributed by atoms with E-state index in [1.165, 1.54) is 4.90 Å². The normalized spacial score (nSPS) is 20.2. The van der Waals surface area contributed by atoms with Crippen molar-refractivity contribution in [1.82, 2.24) is 4.90 Å². The minimum Gasteiger partial charge on any atom is -0.391 e. The summed E-state index contributed by atoms with van der Waals surface area (Å²) in [7, 11) is 0. The first-order chi connectivity index (χ1) is 7.56. The molecule has 0 spiro atoms. The lowest BCUT2D eigenvalue weighted by atomic mass is 10.2. The van der Waals surface area contributed by atoms with Crippen LogP contribution in [0.15, 0.2) is 18.2 Å². The molecule has 1 aromatic rings. The van der Waals surface area contributed by atoms with Crippen molar-refractivity contribution in [3.05, 3.63) is 35.4 Å². The SMILES string of the molecule is O=C(c1cc(F)cc(F)c1)N1CCC(O)C1. The lowest BCUT2D eigenvalue weighted by molar-refractivity contribution is 0.0764. The number of halogens is 2. The fraction of sp³-hybridized carbons (Fsp3) is 0.364. The third-order valence-electron chi connectivity index (χ3n) is 2.56. The third kappa shape index (κ3) is 2.19. The molecule has 0 aliphatic carbocycles. The Hall–Kier alpha value is -1.49. The van der Waals surface area contributed by atoms with Crippen LogP contribution in [0.1, 0.15) is 16.8 Å². The summed E-state index contributed by atoms with van der Waals surface area (Å²) in [6.07, 6.45) is -0.0360. The van der Waals surface area contributed by atoms with Gasteiger partial charge in [-0.2, -0.15) is 0 Å². The van der Waals surface area contributed by atoms with Gasteiger partial charge in [-0.25, -0.2) is 8.78 Å². The van der Waals surface area contributed by atoms with Crippen LogP contribution in [-0.4, -0.2) is 35.1 Å². The molecule has 0 bridgehead atoms. The van der Waals surface area contributed by atoms with Gasteiger partial charge in [0, 0.05) is 24.7 Å². The first-order valence-electron chi connectivity index (χ1n) is 4.99. The number of hydrogen-bond acceptors (Lipinski definition) is 2. The van der Waals surface area contributed by atoms with Crippen molar-refractivity contribution in [2.75, 3.05) is 13.1 Å². The molecule has 1 unspecified atom stereocenters. The van der Waals surface area contributed by atoms with Crippen LogP contribution in [0.25, 0.3) is 0 Å². The molecule has 0 radical (unpaired) electrons. The van der Waals surface area contributed by atoms with Gasteiger partial charge in [0.1, 0.15) is 11.6 Å². The van der Waals surface area contributed by atoms with E-state index < -0.39 is 23.6 Å². The van der Waals surface area contributed by atoms with Crippen molar-refractivity contribution in [2.24, 2.45) is 0 Å². The molecule has 3 nitrogen and oxygen atoms in total. The summed E-state index contributed by atoms with van der Waals surface area (Å²) >= 11 is 0. The predicted molar refractivity (Wildman–Crippen MR) is 52.9 cm³/mol. The highest BCUT2D eigenvalue weighted by atomic mass is 19.1. The number of carbonyl (C=O) groups is 1. The second-order valence-electron chi connectivity index (χ2n) is 3.85. The van der Waals surface area contributed by atoms with Gasteiger partial charge in [0.15, 0.2) is 0 Å². The third-order valence-corrected chi connectivity index (χ3v) is 2.56. The van der Waals surface area contributed by atoms with Crippen molar-refractivity contribution in [2.45, 2.75) is 12.5 Å². The van der Waals surface area contributed by atoms with Gasteiger partial charge in [0.05, 0.1) is 6.10 Å². The molecule has 1 aliphatic heterocycles. The van der Waals surface area contributed by atoms with Crippen LogP contribution >= 0.6 is 0 Å². The minimum absolute atomic E-state index is 0.0217. The van der Waals surface area contributed by atoms with Crippen LogP contribution < -0.4 is 0 Å². The van der Waals surface area contributed by atoms with E-state index in [9.17, 15) is 18.7 Å². The predicted octanol–water partition coefficient (Wildman–Crippen LogP) is 1.17. The standard InChI is InChI=1S/C11H11F2NO2/c12-8-3-7(4-9(13)5-8)11(16)14-2-1-10(15)6-14/h3-5,10,15H,1-2,6H2. The van der Waals surface area contributed by atoms with Crippen molar-refractivity contribution in [3.63, 3.8) is 0 Å². The molecule has 1 atom stereocenters. The maximum atomic E-state index is 12.9. The summed E-state index contributed by atoms with van der Waals surface area (Å²) in [4.78, 5) is 13.2. The van der Waals surface area contributed by atoms with E-state index in [2.05, 4.69) is 0 Å². The Labute approximate surface area is 91.3 Å². The number of aliphatic hydroxyl groups excluding tert-OH is 1. The number of benzene rings is 1. The van der Waals surface area contributed by atoms with Crippen LogP contribution in [0.5, 0.6) is 0 Å². The molecule has 0 aromatic heterocycles. The first kappa shape index (κ1) is 11.0. The van der Waals surface area contributed by atoms with E-state index in [1.807, 2.05) is 0 Å². The van der Waals surface area contributed by atoms with Crippen LogP contribution in [0.4, 0.5) is 8.78 Å². The van der Waals surface area contributed by atoms with Gasteiger partial charge < -0.3 is 10.0 Å². The van der Waals surface area contributed by atoms with E-state index in [-0.39, 0.29) is 12.1 Å². The maximum Gasteiger partial charge on any atom is 0.254 e. The number of β-amino-alcohol motifs (C(OH)–C–C–N with tert-alkyl or cyclic N) is 1. The molecule has 2 rings (SSSR count). The van der Waals surface area contributed by atoms with Crippen LogP contribution in [0, 0.1) is 11.6 Å². The topological polar surface area (TPSA) is 40.5 Å². The second-order valence-corrected chi connectivity index (χ2v) is 3.85. The molecule has 16 heavy (non-hydrogen) atoms. The van der Waals surface area contributed by atoms with Crippen molar-refractivity contribution < 1.29 is 18.7 Å². The Bertz CT molecular complexity index is 402. The van der Waals surface area contributed by atoms with Crippen molar-refractivity contribution >= 4 is 5.91 Å². The summed E-state index contributed by atoms with van der Waals surface area (Å²) in [5.74, 6) is -2.00. The number of hydrogen-bond donors (Lipinski definition) is 1. The minimum atomic E-state index is -0.775. The Balaban J connectivity index is 2.20. The van der Waals surface area contributed by atoms with E-state index in [0.717, 1.165) is 18.2 Å². The summed E-state index contributed by atoms with van der Waals surface area (Å²) in [5, 5.41) is 9.26. The Morgan fingerprint density at radius 1 is 1.31 bits per heavy atom. The monoisotopic (exact) mass is 227 g/mol. The molecular formula is C11H11F2NO2. The van der Waals surface area contributed by atoms with Crippen LogP contribution in [0.2, 0.25) is 0 Å². The largest absolute Gasteiger partial charge is 0.391 e. The molecule has 0 saturated carbocycles. The van der Waals surface area contributed by atoms with Gasteiger partial charge in [-0.1, -0.05) is 0 Å². The molecule has 1 N–H and O–H groups in total. The number of carbonyl (C=O) groups excluding carboxylic acids is 1. The average Bonchev–Trinajstić information content (AvgIpc) is 2.62. The van der Waals surface area contributed by atoms with Crippen LogP contribution in [0.3, 0.4) is 0 Å². The van der Waals surface area contributed by atoms with Gasteiger partial charge in [0.25, 0.3) is 5.91 Å². The van der Waals surface area contributed by atoms with E-state index >= 15 is 0 Å². The van der Waals surface area contributed by atoms with E-state index in [1.54, 1.807) is 0 Å². The van der Waals surface area contributed by atoms with Gasteiger partial charge in [-0.05, 0) is 18.6 Å². The van der Waals surface area contributed by atoms with Gasteiger partial charge in [0.2, 0.25) is 0 Å². The summed E-state index contributed by atoms with van der Waals surface area (Å²) < 4.78 is 25.8. The molecule has 1 amide bonds. The quantitative estimate of drug-likeness (QED) is 0.782. The second kappa shape index (κ2) is 4.17. The van der Waals surface area contributed by atoms with Crippen molar-refractivity contribution in [3.8, 4) is 0 Å². The molecule has 86 valence electrons. The van der Waals surface area contributed by atoms with Crippen molar-refractivity contribution in [1.29, 1.82) is 0 Å². The van der Waals surface area contributed by atoms with Gasteiger partial charge in [-0.15, -0.1) is 0 Å². The van der Waals surface area contributed by atoms with Gasteiger partial charge in [-0.3, -0.25) is 4.79 Å². The zero-order valence-corrected chi connectivity index (χ0v) is 8.49. The Morgan fingerprint density at radius 2 is 1.94 bits per heavy atom. The van der Waals surface area contributed by atoms with Crippen LogP contribution in [-0.2, 0) is 0 Å². The molecule has 1 saturated heterocycles. The lowest BCUT2D eigenvalue weighted by Crippen LogP contribution is -2.29. The maximum absolute atomic E-state index is 12.9. The highest BCUT2D eigenvalue weighted by molar-refractivity contribution is 5.94. The number of likely N-dealkylation sites (tertiary alicyclic amines) is 1. The van der Waals surface area contributed by atoms with Gasteiger partial charge >= 0.3 is 0 Å². The van der Waals surface area contributed by atoms with E-state index in [4.69, 9.17) is 0 Å². The molecular weight excluding hydrogens is 216 g/mol. The summed E-state index contributed by atoms with van der Waals surface area (Å²) in [5.41, 5.74) is -0.0217. The zero-order chi connectivity index (χ0) is 11.7. The first-order valence-corrected chi connectivity index (χ1v) is 4.99. The molecule has 1 heterocycles. The average molecular weight is 227 g/mol. The number of amides is 1. The van der Waals surface area contributed by atoms with E-state index in [0.29, 0.717) is 13.0 Å². The fourth-order valence-corrected chi connectivity index (χ4v) is 1.79. The Kier molecular flexibility index (Phi) is 2.87. The highest BCUT2D eigenvalue weighted by Gasteiger charge is 2.25. The number of aliphatic hydroxyl groups is 1. The summed E-state index contributed by atoms with van der Waals surface area (Å²) in [6, 6.07) is 2.71. The number of nitrogens with zero attached hydrogens (tertiary/aromatic N) is 1. The molecule has 5 heteroatoms. The molecule has 1 aromatic carbocycles. The highest BCUT2D eigenvalue weighted by Crippen LogP contribution is 2.15. The Morgan fingerprint density at radius 3 is 2.44 bits per heavy atom. The lowest BCUT2D eigenvalue weighted by Gasteiger charge is -2.15. The molecule has 1 aliphatic rings. The fourth-order valence-electron chi connectivity index (χ4n) is 1.79. The zero-order valence-electron chi connectivity index (χ0n) is 8.49. The summed E-state index contributed by atoms with van der Waals surface area (Å²) in [6.45, 7) is 0.634. The molecule has 1 fully saturated rings. The number of rotatable bonds is 1.